The molecular weight excluding hydrogens is 257 g/mol. The number of methoxy groups -OCH3 is 1. The Morgan fingerprint density at radius 2 is 1.95 bits per heavy atom. The molecule has 1 heterocycles. The molecule has 1 aliphatic heterocycles. The van der Waals surface area contributed by atoms with Gasteiger partial charge in [0.1, 0.15) is 5.82 Å². The van der Waals surface area contributed by atoms with Gasteiger partial charge in [-0.2, -0.15) is 0 Å². The molecule has 0 N–H and O–H groups in total. The van der Waals surface area contributed by atoms with Gasteiger partial charge in [0.15, 0.2) is 6.23 Å². The summed E-state index contributed by atoms with van der Waals surface area (Å²) in [5.74, 6) is -0.182. The van der Waals surface area contributed by atoms with Gasteiger partial charge < -0.3 is 9.64 Å². The fraction of sp³-hybridized carbons (Fsp3) is 0.438. The maximum Gasteiger partial charge on any atom is 0.252 e. The molecule has 3 rings (SSSR count). The number of rotatable bonds is 3. The van der Waals surface area contributed by atoms with Gasteiger partial charge in [0.2, 0.25) is 0 Å². The van der Waals surface area contributed by atoms with Crippen molar-refractivity contribution in [2.45, 2.75) is 38.5 Å². The van der Waals surface area contributed by atoms with Crippen LogP contribution in [0.25, 0.3) is 0 Å². The molecular formula is C16H18FNO2. The Hall–Kier alpha value is -1.68. The van der Waals surface area contributed by atoms with Crippen LogP contribution < -0.4 is 0 Å². The van der Waals surface area contributed by atoms with E-state index in [2.05, 4.69) is 0 Å². The number of halogens is 1. The molecule has 0 bridgehead atoms. The normalized spacial score (nSPS) is 22.4. The molecule has 0 unspecified atom stereocenters. The van der Waals surface area contributed by atoms with Gasteiger partial charge in [-0.1, -0.05) is 12.1 Å². The van der Waals surface area contributed by atoms with E-state index in [1.54, 1.807) is 24.1 Å². The van der Waals surface area contributed by atoms with Crippen LogP contribution in [0.3, 0.4) is 0 Å². The molecule has 106 valence electrons. The zero-order valence-electron chi connectivity index (χ0n) is 11.6. The van der Waals surface area contributed by atoms with Crippen LogP contribution in [0.4, 0.5) is 4.39 Å². The van der Waals surface area contributed by atoms with Crippen LogP contribution in [0.5, 0.6) is 0 Å². The van der Waals surface area contributed by atoms with E-state index in [0.717, 1.165) is 42.4 Å². The molecule has 1 aliphatic carbocycles. The standard InChI is InChI=1S/C16H18FNO2/c1-20-16-14-5-3-2-4-13(14)15(19)18(16)10-11-6-8-12(17)9-7-11/h6-9,16H,2-5,10H2,1H3/t16-/m1/s1. The molecule has 0 fully saturated rings. The molecule has 0 radical (unpaired) electrons. The Morgan fingerprint density at radius 1 is 1.25 bits per heavy atom. The maximum absolute atomic E-state index is 12.9. The monoisotopic (exact) mass is 275 g/mol. The second-order valence-electron chi connectivity index (χ2n) is 5.36. The number of carbonyl (C=O) groups excluding carboxylic acids is 1. The Kier molecular flexibility index (Phi) is 3.57. The number of amides is 1. The van der Waals surface area contributed by atoms with E-state index in [4.69, 9.17) is 4.74 Å². The van der Waals surface area contributed by atoms with Crippen molar-refractivity contribution in [2.24, 2.45) is 0 Å². The molecule has 2 aliphatic rings. The van der Waals surface area contributed by atoms with E-state index < -0.39 is 0 Å². The van der Waals surface area contributed by atoms with Gasteiger partial charge in [0.05, 0.1) is 0 Å². The molecule has 0 spiro atoms. The number of hydrogen-bond acceptors (Lipinski definition) is 2. The number of benzene rings is 1. The van der Waals surface area contributed by atoms with E-state index in [1.165, 1.54) is 12.1 Å². The Morgan fingerprint density at radius 3 is 2.65 bits per heavy atom. The summed E-state index contributed by atoms with van der Waals surface area (Å²) in [7, 11) is 1.64. The highest BCUT2D eigenvalue weighted by molar-refractivity contribution is 5.97. The number of ether oxygens (including phenoxy) is 1. The van der Waals surface area contributed by atoms with Crippen LogP contribution in [0.1, 0.15) is 31.2 Å². The average Bonchev–Trinajstić information content (AvgIpc) is 2.74. The number of carbonyl (C=O) groups is 1. The lowest BCUT2D eigenvalue weighted by Crippen LogP contribution is -2.36. The van der Waals surface area contributed by atoms with E-state index in [0.29, 0.717) is 6.54 Å². The summed E-state index contributed by atoms with van der Waals surface area (Å²) in [6.07, 6.45) is 3.75. The van der Waals surface area contributed by atoms with Crippen LogP contribution in [-0.4, -0.2) is 24.1 Å². The molecule has 0 saturated heterocycles. The van der Waals surface area contributed by atoms with Crippen molar-refractivity contribution in [1.82, 2.24) is 4.90 Å². The summed E-state index contributed by atoms with van der Waals surface area (Å²) in [5, 5.41) is 0. The van der Waals surface area contributed by atoms with E-state index in [-0.39, 0.29) is 18.0 Å². The minimum atomic E-state index is -0.262. The number of hydrogen-bond donors (Lipinski definition) is 0. The van der Waals surface area contributed by atoms with Gasteiger partial charge in [0, 0.05) is 19.2 Å². The average molecular weight is 275 g/mol. The van der Waals surface area contributed by atoms with Crippen molar-refractivity contribution in [3.8, 4) is 0 Å². The fourth-order valence-electron chi connectivity index (χ4n) is 3.12. The molecule has 1 atom stereocenters. The first-order chi connectivity index (χ1) is 9.70. The molecule has 20 heavy (non-hydrogen) atoms. The lowest BCUT2D eigenvalue weighted by molar-refractivity contribution is -0.134. The first-order valence-corrected chi connectivity index (χ1v) is 7.01. The minimum absolute atomic E-state index is 0.0795. The van der Waals surface area contributed by atoms with Crippen molar-refractivity contribution < 1.29 is 13.9 Å². The second kappa shape index (κ2) is 5.37. The van der Waals surface area contributed by atoms with Crippen molar-refractivity contribution in [2.75, 3.05) is 7.11 Å². The SMILES string of the molecule is CO[C@@H]1C2=C(CCCC2)C(=O)N1Cc1ccc(F)cc1. The lowest BCUT2D eigenvalue weighted by Gasteiger charge is -2.26. The van der Waals surface area contributed by atoms with E-state index >= 15 is 0 Å². The van der Waals surface area contributed by atoms with Crippen molar-refractivity contribution >= 4 is 5.91 Å². The predicted octanol–water partition coefficient (Wildman–Crippen LogP) is 3.01. The van der Waals surface area contributed by atoms with Gasteiger partial charge in [-0.3, -0.25) is 4.79 Å². The minimum Gasteiger partial charge on any atom is -0.357 e. The van der Waals surface area contributed by atoms with Crippen LogP contribution in [0.15, 0.2) is 35.4 Å². The molecule has 3 nitrogen and oxygen atoms in total. The summed E-state index contributed by atoms with van der Waals surface area (Å²) >= 11 is 0. The third-order valence-corrected chi connectivity index (χ3v) is 4.10. The Bertz CT molecular complexity index is 550. The highest BCUT2D eigenvalue weighted by Gasteiger charge is 2.39. The maximum atomic E-state index is 12.9. The topological polar surface area (TPSA) is 29.5 Å². The fourth-order valence-corrected chi connectivity index (χ4v) is 3.12. The van der Waals surface area contributed by atoms with Crippen molar-refractivity contribution in [3.63, 3.8) is 0 Å². The Labute approximate surface area is 118 Å². The van der Waals surface area contributed by atoms with E-state index in [9.17, 15) is 9.18 Å². The summed E-state index contributed by atoms with van der Waals surface area (Å²) in [4.78, 5) is 14.2. The van der Waals surface area contributed by atoms with Crippen LogP contribution in [0.2, 0.25) is 0 Å². The Balaban J connectivity index is 1.83. The third-order valence-electron chi connectivity index (χ3n) is 4.10. The van der Waals surface area contributed by atoms with Gasteiger partial charge in [-0.25, -0.2) is 4.39 Å². The number of nitrogens with zero attached hydrogens (tertiary/aromatic N) is 1. The highest BCUT2D eigenvalue weighted by atomic mass is 19.1. The summed E-state index contributed by atoms with van der Waals surface area (Å²) in [5.41, 5.74) is 3.00. The van der Waals surface area contributed by atoms with Crippen LogP contribution in [-0.2, 0) is 16.1 Å². The molecule has 1 aromatic rings. The second-order valence-corrected chi connectivity index (χ2v) is 5.36. The zero-order valence-corrected chi connectivity index (χ0v) is 11.6. The van der Waals surface area contributed by atoms with Gasteiger partial charge in [0.25, 0.3) is 5.91 Å². The van der Waals surface area contributed by atoms with Gasteiger partial charge >= 0.3 is 0 Å². The van der Waals surface area contributed by atoms with Gasteiger partial charge in [-0.05, 0) is 49.0 Å². The molecule has 1 amide bonds. The molecule has 4 heteroatoms. The van der Waals surface area contributed by atoms with Crippen LogP contribution >= 0.6 is 0 Å². The first kappa shape index (κ1) is 13.3. The van der Waals surface area contributed by atoms with Gasteiger partial charge in [-0.15, -0.1) is 0 Å². The molecule has 0 saturated carbocycles. The predicted molar refractivity (Wildman–Crippen MR) is 73.2 cm³/mol. The smallest absolute Gasteiger partial charge is 0.252 e. The summed E-state index contributed by atoms with van der Waals surface area (Å²) < 4.78 is 18.5. The molecule has 1 aromatic carbocycles. The molecule has 0 aromatic heterocycles. The quantitative estimate of drug-likeness (QED) is 0.848. The largest absolute Gasteiger partial charge is 0.357 e. The summed E-state index contributed by atoms with van der Waals surface area (Å²) in [6.45, 7) is 0.463. The highest BCUT2D eigenvalue weighted by Crippen LogP contribution is 2.37. The van der Waals surface area contributed by atoms with Crippen molar-refractivity contribution in [1.29, 1.82) is 0 Å². The lowest BCUT2D eigenvalue weighted by atomic mass is 9.93. The van der Waals surface area contributed by atoms with Crippen molar-refractivity contribution in [3.05, 3.63) is 46.8 Å². The van der Waals surface area contributed by atoms with Crippen LogP contribution in [0, 0.1) is 5.82 Å². The third kappa shape index (κ3) is 2.24. The summed E-state index contributed by atoms with van der Waals surface area (Å²) in [6, 6.07) is 6.27. The van der Waals surface area contributed by atoms with E-state index in [1.807, 2.05) is 0 Å². The zero-order chi connectivity index (χ0) is 14.1. The first-order valence-electron chi connectivity index (χ1n) is 7.01.